The Morgan fingerprint density at radius 3 is 3.15 bits per heavy atom. The van der Waals surface area contributed by atoms with Gasteiger partial charge in [0.2, 0.25) is 0 Å². The van der Waals surface area contributed by atoms with E-state index in [1.54, 1.807) is 7.05 Å². The molecule has 5 heteroatoms. The smallest absolute Gasteiger partial charge is 0.354 e. The maximum atomic E-state index is 10.9. The molecule has 0 fully saturated rings. The highest BCUT2D eigenvalue weighted by Gasteiger charge is 2.22. The van der Waals surface area contributed by atoms with E-state index in [0.717, 1.165) is 30.8 Å². The van der Waals surface area contributed by atoms with Crippen LogP contribution in [0.5, 0.6) is 0 Å². The molecule has 70 valence electrons. The number of hydrogen-bond donors (Lipinski definition) is 2. The zero-order valence-electron chi connectivity index (χ0n) is 7.37. The quantitative estimate of drug-likeness (QED) is 0.661. The lowest BCUT2D eigenvalue weighted by Gasteiger charge is -2.11. The van der Waals surface area contributed by atoms with Gasteiger partial charge in [0.1, 0.15) is 0 Å². The number of carboxylic acid groups (broad SMARTS) is 1. The molecule has 1 aliphatic heterocycles. The lowest BCUT2D eigenvalue weighted by Crippen LogP contribution is -2.13. The molecule has 13 heavy (non-hydrogen) atoms. The summed E-state index contributed by atoms with van der Waals surface area (Å²) in [7, 11) is 1.66. The fraction of sp³-hybridized carbons (Fsp3) is 0.500. The van der Waals surface area contributed by atoms with Crippen molar-refractivity contribution in [1.82, 2.24) is 9.78 Å². The minimum absolute atomic E-state index is 0.308. The van der Waals surface area contributed by atoms with E-state index in [-0.39, 0.29) is 0 Å². The Balaban J connectivity index is 2.54. The summed E-state index contributed by atoms with van der Waals surface area (Å²) in [5.74, 6) is -0.175. The average Bonchev–Trinajstić information content (AvgIpc) is 2.39. The monoisotopic (exact) mass is 181 g/mol. The highest BCUT2D eigenvalue weighted by molar-refractivity contribution is 5.89. The summed E-state index contributed by atoms with van der Waals surface area (Å²) in [6.45, 7) is 0.878. The van der Waals surface area contributed by atoms with Gasteiger partial charge in [-0.05, 0) is 12.8 Å². The van der Waals surface area contributed by atoms with E-state index in [2.05, 4.69) is 10.4 Å². The summed E-state index contributed by atoms with van der Waals surface area (Å²) >= 11 is 0. The largest absolute Gasteiger partial charge is 0.477 e. The number of aromatic nitrogens is 2. The first-order valence-corrected chi connectivity index (χ1v) is 4.23. The Hall–Kier alpha value is -1.52. The van der Waals surface area contributed by atoms with Gasteiger partial charge in [0.15, 0.2) is 11.5 Å². The number of carbonyl (C=O) groups is 1. The van der Waals surface area contributed by atoms with E-state index in [9.17, 15) is 4.79 Å². The fourth-order valence-electron chi connectivity index (χ4n) is 1.69. The number of anilines is 1. The van der Waals surface area contributed by atoms with Crippen LogP contribution in [0.1, 0.15) is 22.5 Å². The lowest BCUT2D eigenvalue weighted by molar-refractivity contribution is 0.0683. The SMILES string of the molecule is Cn1nc2c(c1C(=O)O)CCCN2. The van der Waals surface area contributed by atoms with Gasteiger partial charge in [-0.15, -0.1) is 0 Å². The third kappa shape index (κ3) is 1.16. The number of fused-ring (bicyclic) bond motifs is 1. The van der Waals surface area contributed by atoms with Gasteiger partial charge in [0, 0.05) is 19.2 Å². The molecule has 1 aliphatic rings. The van der Waals surface area contributed by atoms with Crippen LogP contribution in [0.3, 0.4) is 0 Å². The second-order valence-electron chi connectivity index (χ2n) is 3.13. The summed E-state index contributed by atoms with van der Waals surface area (Å²) in [5.41, 5.74) is 1.14. The second kappa shape index (κ2) is 2.76. The molecule has 2 heterocycles. The molecule has 2 rings (SSSR count). The predicted molar refractivity (Wildman–Crippen MR) is 47.0 cm³/mol. The Bertz CT molecular complexity index is 357. The standard InChI is InChI=1S/C8H11N3O2/c1-11-6(8(12)13)5-3-2-4-9-7(5)10-11/h2-4H2,1H3,(H,9,10)(H,12,13). The van der Waals surface area contributed by atoms with Gasteiger partial charge in [-0.1, -0.05) is 0 Å². The number of aryl methyl sites for hydroxylation is 1. The van der Waals surface area contributed by atoms with Gasteiger partial charge in [-0.25, -0.2) is 4.79 Å². The van der Waals surface area contributed by atoms with Gasteiger partial charge >= 0.3 is 5.97 Å². The van der Waals surface area contributed by atoms with Crippen molar-refractivity contribution in [2.45, 2.75) is 12.8 Å². The van der Waals surface area contributed by atoms with Crippen LogP contribution < -0.4 is 5.32 Å². The summed E-state index contributed by atoms with van der Waals surface area (Å²) in [5, 5.41) is 16.1. The molecule has 0 aromatic carbocycles. The van der Waals surface area contributed by atoms with E-state index in [1.165, 1.54) is 4.68 Å². The molecule has 5 nitrogen and oxygen atoms in total. The van der Waals surface area contributed by atoms with Crippen molar-refractivity contribution in [2.24, 2.45) is 7.05 Å². The van der Waals surface area contributed by atoms with Crippen LogP contribution >= 0.6 is 0 Å². The molecular weight excluding hydrogens is 170 g/mol. The number of rotatable bonds is 1. The van der Waals surface area contributed by atoms with Crippen molar-refractivity contribution in [3.63, 3.8) is 0 Å². The van der Waals surface area contributed by atoms with Crippen molar-refractivity contribution in [3.05, 3.63) is 11.3 Å². The fourth-order valence-corrected chi connectivity index (χ4v) is 1.69. The van der Waals surface area contributed by atoms with Crippen LogP contribution in [0.15, 0.2) is 0 Å². The zero-order valence-corrected chi connectivity index (χ0v) is 7.37. The Morgan fingerprint density at radius 1 is 1.69 bits per heavy atom. The first-order chi connectivity index (χ1) is 6.20. The van der Waals surface area contributed by atoms with Gasteiger partial charge in [0.25, 0.3) is 0 Å². The molecule has 2 N–H and O–H groups in total. The number of hydrogen-bond acceptors (Lipinski definition) is 3. The minimum Gasteiger partial charge on any atom is -0.477 e. The number of nitrogens with one attached hydrogen (secondary N) is 1. The molecule has 0 saturated carbocycles. The van der Waals surface area contributed by atoms with Crippen LogP contribution in [0.25, 0.3) is 0 Å². The molecule has 0 saturated heterocycles. The van der Waals surface area contributed by atoms with Gasteiger partial charge < -0.3 is 10.4 Å². The highest BCUT2D eigenvalue weighted by Crippen LogP contribution is 2.23. The molecule has 0 unspecified atom stereocenters. The Morgan fingerprint density at radius 2 is 2.46 bits per heavy atom. The molecule has 1 aromatic rings. The molecule has 0 aliphatic carbocycles. The maximum Gasteiger partial charge on any atom is 0.354 e. The first kappa shape index (κ1) is 8.10. The van der Waals surface area contributed by atoms with Crippen LogP contribution in [0.2, 0.25) is 0 Å². The topological polar surface area (TPSA) is 67.2 Å². The molecule has 0 radical (unpaired) electrons. The van der Waals surface area contributed by atoms with Crippen LogP contribution in [-0.2, 0) is 13.5 Å². The van der Waals surface area contributed by atoms with Gasteiger partial charge in [-0.3, -0.25) is 4.68 Å². The van der Waals surface area contributed by atoms with E-state index >= 15 is 0 Å². The molecule has 0 atom stereocenters. The van der Waals surface area contributed by atoms with E-state index in [1.807, 2.05) is 0 Å². The van der Waals surface area contributed by atoms with Crippen molar-refractivity contribution in [3.8, 4) is 0 Å². The zero-order chi connectivity index (χ0) is 9.42. The normalized spacial score (nSPS) is 14.8. The Labute approximate surface area is 75.4 Å². The van der Waals surface area contributed by atoms with E-state index in [0.29, 0.717) is 5.69 Å². The Kier molecular flexibility index (Phi) is 1.72. The lowest BCUT2D eigenvalue weighted by atomic mass is 10.1. The first-order valence-electron chi connectivity index (χ1n) is 4.23. The van der Waals surface area contributed by atoms with Crippen molar-refractivity contribution < 1.29 is 9.90 Å². The van der Waals surface area contributed by atoms with E-state index in [4.69, 9.17) is 5.11 Å². The average molecular weight is 181 g/mol. The molecule has 0 spiro atoms. The highest BCUT2D eigenvalue weighted by atomic mass is 16.4. The second-order valence-corrected chi connectivity index (χ2v) is 3.13. The predicted octanol–water partition coefficient (Wildman–Crippen LogP) is 0.476. The molecular formula is C8H11N3O2. The van der Waals surface area contributed by atoms with Crippen molar-refractivity contribution >= 4 is 11.8 Å². The van der Waals surface area contributed by atoms with Gasteiger partial charge in [0.05, 0.1) is 0 Å². The van der Waals surface area contributed by atoms with Crippen LogP contribution in [0.4, 0.5) is 5.82 Å². The van der Waals surface area contributed by atoms with Crippen LogP contribution in [0, 0.1) is 0 Å². The minimum atomic E-state index is -0.903. The molecule has 0 amide bonds. The van der Waals surface area contributed by atoms with Crippen molar-refractivity contribution in [2.75, 3.05) is 11.9 Å². The number of nitrogens with zero attached hydrogens (tertiary/aromatic N) is 2. The summed E-state index contributed by atoms with van der Waals surface area (Å²) in [6.07, 6.45) is 1.77. The van der Waals surface area contributed by atoms with E-state index < -0.39 is 5.97 Å². The number of carboxylic acids is 1. The maximum absolute atomic E-state index is 10.9. The summed E-state index contributed by atoms with van der Waals surface area (Å²) < 4.78 is 1.42. The van der Waals surface area contributed by atoms with Gasteiger partial charge in [-0.2, -0.15) is 5.10 Å². The van der Waals surface area contributed by atoms with Crippen molar-refractivity contribution in [1.29, 1.82) is 0 Å². The van der Waals surface area contributed by atoms with Crippen LogP contribution in [-0.4, -0.2) is 27.4 Å². The number of aromatic carboxylic acids is 1. The molecule has 0 bridgehead atoms. The third-order valence-corrected chi connectivity index (χ3v) is 2.24. The molecule has 1 aromatic heterocycles. The third-order valence-electron chi connectivity index (χ3n) is 2.24. The summed E-state index contributed by atoms with van der Waals surface area (Å²) in [4.78, 5) is 10.9. The summed E-state index contributed by atoms with van der Waals surface area (Å²) in [6, 6.07) is 0.